The zero-order valence-electron chi connectivity index (χ0n) is 57.8. The molecular weight excluding hydrogens is 1300 g/mol. The van der Waals surface area contributed by atoms with Gasteiger partial charge in [0, 0.05) is 91.9 Å². The quantitative estimate of drug-likeness (QED) is 0.0366. The first kappa shape index (κ1) is 77.4. The number of aliphatic hydroxyl groups excluding tert-OH is 2. The molecule has 34 nitrogen and oxygen atoms in total. The summed E-state index contributed by atoms with van der Waals surface area (Å²) >= 11 is 0. The molecule has 544 valence electrons. The van der Waals surface area contributed by atoms with Crippen molar-refractivity contribution >= 4 is 71.1 Å². The predicted molar refractivity (Wildman–Crippen MR) is 325 cm³/mol. The van der Waals surface area contributed by atoms with E-state index in [4.69, 9.17) is 57.0 Å². The van der Waals surface area contributed by atoms with Crippen LogP contribution in [-0.2, 0) is 115 Å². The van der Waals surface area contributed by atoms with Crippen molar-refractivity contribution in [2.24, 2.45) is 44.2 Å². The summed E-state index contributed by atoms with van der Waals surface area (Å²) in [5.74, 6) is -13.4. The molecule has 6 aliphatic carbocycles. The van der Waals surface area contributed by atoms with E-state index in [2.05, 4.69) is 21.3 Å². The number of rotatable bonds is 18. The summed E-state index contributed by atoms with van der Waals surface area (Å²) < 4.78 is 58.1. The molecule has 4 bridgehead atoms. The molecular formula is C64H88N4O30. The lowest BCUT2D eigenvalue weighted by Crippen LogP contribution is -2.82. The van der Waals surface area contributed by atoms with Gasteiger partial charge in [0.2, 0.25) is 17.9 Å². The predicted octanol–water partition coefficient (Wildman–Crippen LogP) is 1.00. The van der Waals surface area contributed by atoms with Crippen LogP contribution in [0.2, 0.25) is 0 Å². The molecule has 8 aliphatic rings. The Hall–Kier alpha value is -7.92. The summed E-state index contributed by atoms with van der Waals surface area (Å²) in [6.45, 7) is 22.8. The number of fused-ring (bicyclic) bond motifs is 10. The second kappa shape index (κ2) is 27.7. The summed E-state index contributed by atoms with van der Waals surface area (Å²) in [4.78, 5) is 189. The Morgan fingerprint density at radius 3 is 1.30 bits per heavy atom. The lowest BCUT2D eigenvalue weighted by molar-refractivity contribution is -0.350. The minimum Gasteiger partial charge on any atom is -0.459 e. The van der Waals surface area contributed by atoms with E-state index >= 15 is 4.79 Å². The van der Waals surface area contributed by atoms with Crippen LogP contribution >= 0.6 is 0 Å². The highest BCUT2D eigenvalue weighted by Gasteiger charge is 2.81. The van der Waals surface area contributed by atoms with Crippen molar-refractivity contribution in [3.63, 3.8) is 0 Å². The van der Waals surface area contributed by atoms with Crippen molar-refractivity contribution in [2.45, 2.75) is 258 Å². The van der Waals surface area contributed by atoms with E-state index in [9.17, 15) is 83.0 Å². The molecule has 98 heavy (non-hydrogen) atoms. The highest BCUT2D eigenvalue weighted by molar-refractivity contribution is 5.96. The number of hydrogen-bond donors (Lipinski definition) is 6. The van der Waals surface area contributed by atoms with Crippen molar-refractivity contribution in [3.05, 3.63) is 32.1 Å². The van der Waals surface area contributed by atoms with Gasteiger partial charge >= 0.3 is 47.8 Å². The summed E-state index contributed by atoms with van der Waals surface area (Å²) in [5, 5.41) is 58.3. The number of nitrogens with zero attached hydrogens (tertiary/aromatic N) is 2. The average molecular weight is 1390 g/mol. The van der Waals surface area contributed by atoms with Crippen LogP contribution in [0.4, 0.5) is 0 Å². The SMILES string of the molecule is CC(=O)NC(C)C(ON=O)C(=O)OC1C[C@@]2(O)C(OC(C)=O)C3[C@]4(OC(C)=O)COC4CC(ON=O)[C@@]3(C)C(=O)C(OC(C)=O)C(=C1C)C2(C)C.CC(=O)N[C@@H](C)[C@@H](O)C(=O)O[C@H]1C[C@@]2(O)[C@@H](OC(C)=O)[C@@H]3[C@]4(OC(C)=O)CO[C@@H]4C[C@H](O)[C@@]3(C)C(=O)[C@H](OC(C)=O)C(=C1C)C2(C)C. The van der Waals surface area contributed by atoms with Gasteiger partial charge in [-0.15, -0.1) is 9.81 Å². The molecule has 4 saturated carbocycles. The third kappa shape index (κ3) is 12.8. The Labute approximate surface area is 562 Å². The summed E-state index contributed by atoms with van der Waals surface area (Å²) in [6.07, 6.45) is -19.9. The number of amides is 2. The van der Waals surface area contributed by atoms with E-state index in [0.717, 1.165) is 48.5 Å². The van der Waals surface area contributed by atoms with E-state index in [-0.39, 0.29) is 48.3 Å². The van der Waals surface area contributed by atoms with Gasteiger partial charge in [-0.05, 0) is 63.8 Å². The fourth-order valence-corrected chi connectivity index (χ4v) is 16.9. The Bertz CT molecular complexity index is 3380. The van der Waals surface area contributed by atoms with Gasteiger partial charge in [0.25, 0.3) is 0 Å². The van der Waals surface area contributed by atoms with Gasteiger partial charge in [-0.1, -0.05) is 27.7 Å². The normalized spacial score (nSPS) is 37.2. The lowest BCUT2D eigenvalue weighted by atomic mass is 9.44. The number of Topliss-reactive ketones (excluding diaryl/α,β-unsaturated/α-hetero) is 2. The molecule has 2 saturated heterocycles. The maximum atomic E-state index is 15.2. The monoisotopic (exact) mass is 1390 g/mol. The average Bonchev–Trinajstić information content (AvgIpc) is 0.675. The van der Waals surface area contributed by atoms with Crippen molar-refractivity contribution < 1.29 is 135 Å². The van der Waals surface area contributed by atoms with Crippen LogP contribution in [0.1, 0.15) is 150 Å². The minimum atomic E-state index is -2.37. The Morgan fingerprint density at radius 1 is 0.541 bits per heavy atom. The molecule has 0 aromatic heterocycles. The summed E-state index contributed by atoms with van der Waals surface area (Å²) in [6, 6.07) is -2.20. The Balaban J connectivity index is 0.000000277. The molecule has 0 radical (unpaired) electrons. The number of carbonyl (C=O) groups is 12. The van der Waals surface area contributed by atoms with Crippen molar-refractivity contribution in [3.8, 4) is 0 Å². The number of ether oxygens (including phenoxy) is 10. The smallest absolute Gasteiger partial charge is 0.353 e. The van der Waals surface area contributed by atoms with Gasteiger partial charge in [0.15, 0.2) is 51.8 Å². The number of hydrogen-bond acceptors (Lipinski definition) is 32. The van der Waals surface area contributed by atoms with Gasteiger partial charge in [0.05, 0.1) is 54.1 Å². The van der Waals surface area contributed by atoms with E-state index in [0.29, 0.717) is 0 Å². The van der Waals surface area contributed by atoms with E-state index < -0.39 is 225 Å². The molecule has 6 fully saturated rings. The maximum absolute atomic E-state index is 15.2. The van der Waals surface area contributed by atoms with Gasteiger partial charge in [-0.3, -0.25) is 47.9 Å². The molecule has 8 unspecified atom stereocenters. The fraction of sp³-hybridized carbons (Fsp3) is 0.750. The van der Waals surface area contributed by atoms with Gasteiger partial charge < -0.3 is 88.1 Å². The van der Waals surface area contributed by atoms with E-state index in [1.54, 1.807) is 13.8 Å². The largest absolute Gasteiger partial charge is 0.459 e. The van der Waals surface area contributed by atoms with Crippen LogP contribution in [0, 0.1) is 43.3 Å². The van der Waals surface area contributed by atoms with Crippen LogP contribution < -0.4 is 10.6 Å². The van der Waals surface area contributed by atoms with Crippen LogP contribution in [0.15, 0.2) is 33.0 Å². The molecule has 2 heterocycles. The molecule has 22 atom stereocenters. The van der Waals surface area contributed by atoms with Crippen molar-refractivity contribution in [1.29, 1.82) is 0 Å². The van der Waals surface area contributed by atoms with E-state index in [1.807, 2.05) is 0 Å². The number of ketones is 2. The third-order valence-electron chi connectivity index (χ3n) is 21.5. The third-order valence-corrected chi connectivity index (χ3v) is 21.5. The maximum Gasteiger partial charge on any atom is 0.353 e. The molecule has 0 spiro atoms. The number of nitrogens with one attached hydrogen (secondary N) is 2. The van der Waals surface area contributed by atoms with Crippen molar-refractivity contribution in [2.75, 3.05) is 13.2 Å². The highest BCUT2D eigenvalue weighted by atomic mass is 16.7. The number of esters is 8. The summed E-state index contributed by atoms with van der Waals surface area (Å²) in [5.41, 5.74) is -15.0. The van der Waals surface area contributed by atoms with Crippen molar-refractivity contribution in [1.82, 2.24) is 10.6 Å². The molecule has 34 heteroatoms. The lowest BCUT2D eigenvalue weighted by Gasteiger charge is -2.67. The molecule has 2 amide bonds. The molecule has 0 aromatic carbocycles. The van der Waals surface area contributed by atoms with E-state index in [1.165, 1.54) is 62.3 Å². The molecule has 8 rings (SSSR count). The zero-order chi connectivity index (χ0) is 74.0. The minimum absolute atomic E-state index is 0.0335. The van der Waals surface area contributed by atoms with Crippen LogP contribution in [0.5, 0.6) is 0 Å². The summed E-state index contributed by atoms with van der Waals surface area (Å²) in [7, 11) is 0. The van der Waals surface area contributed by atoms with Crippen LogP contribution in [0.25, 0.3) is 0 Å². The molecule has 0 aromatic rings. The first-order chi connectivity index (χ1) is 45.2. The topological polar surface area (TPSA) is 479 Å². The second-order valence-corrected chi connectivity index (χ2v) is 28.2. The van der Waals surface area contributed by atoms with Gasteiger partial charge in [0.1, 0.15) is 53.9 Å². The van der Waals surface area contributed by atoms with Crippen LogP contribution in [-0.4, -0.2) is 213 Å². The first-order valence-corrected chi connectivity index (χ1v) is 31.7. The van der Waals surface area contributed by atoms with Gasteiger partial charge in [-0.2, -0.15) is 0 Å². The zero-order valence-corrected chi connectivity index (χ0v) is 57.8. The Morgan fingerprint density at radius 2 is 0.929 bits per heavy atom. The number of aliphatic hydroxyl groups is 4. The first-order valence-electron chi connectivity index (χ1n) is 31.7. The standard InChI is InChI=1S/C32H43N3O16.C32H45NO14/c1-13-19(48-28(41)23(51-35-44)14(2)33-15(3)36)11-32(42)27(47-17(5)38)25-30(9,26(40)24(46-16(4)37)22(13)29(32,7)8)20(50-34-43)10-21-31(25,12-45-21)49-18(6)39;1-13-19(46-28(41)23(39)14(2)33-15(3)34)11-32(42)27(45-17(5)36)25-30(9,20(38)10-21-31(25,12-43-21)47-18(6)37)26(40)24(44-16(4)35)22(13)29(32,7)8/h14,19-21,23-25,27,42H,10-12H2,1-9H3,(H,33,36);14,19-21,23-25,27,38-39,42H,10-12H2,1-9H3,(H,33,34)/t14?,19?,20?,21?,23?,24?,25?,27?,30-,31+,32-;14-,19-,20-,21+,23+,24+,25-,27-,30+,31-,32+/m10/s1. The Kier molecular flexibility index (Phi) is 21.9. The highest BCUT2D eigenvalue weighted by Crippen LogP contribution is 2.67. The molecule has 6 N–H and O–H groups in total. The van der Waals surface area contributed by atoms with Gasteiger partial charge in [-0.25, -0.2) is 9.59 Å². The van der Waals surface area contributed by atoms with Crippen LogP contribution in [0.3, 0.4) is 0 Å². The molecule has 2 aliphatic heterocycles. The number of carbonyl (C=O) groups excluding carboxylic acids is 12. The fourth-order valence-electron chi connectivity index (χ4n) is 16.9. The second-order valence-electron chi connectivity index (χ2n) is 28.2.